The highest BCUT2D eigenvalue weighted by Crippen LogP contribution is 2.35. The Morgan fingerprint density at radius 2 is 1.84 bits per heavy atom. The number of ether oxygens (including phenoxy) is 3. The van der Waals surface area contributed by atoms with Crippen LogP contribution in [-0.4, -0.2) is 88.7 Å². The number of piperidine rings is 1. The zero-order chi connectivity index (χ0) is 30.6. The normalized spacial score (nSPS) is 18.2. The summed E-state index contributed by atoms with van der Waals surface area (Å²) >= 11 is 0. The maximum Gasteiger partial charge on any atom is 0.258 e. The van der Waals surface area contributed by atoms with E-state index in [1.54, 1.807) is 6.20 Å². The minimum absolute atomic E-state index is 0.0186. The number of benzene rings is 1. The van der Waals surface area contributed by atoms with Crippen LogP contribution < -0.4 is 14.4 Å². The lowest BCUT2D eigenvalue weighted by molar-refractivity contribution is 0.0204. The smallest absolute Gasteiger partial charge is 0.258 e. The predicted molar refractivity (Wildman–Crippen MR) is 164 cm³/mol. The van der Waals surface area contributed by atoms with Gasteiger partial charge in [-0.15, -0.1) is 0 Å². The van der Waals surface area contributed by atoms with E-state index in [4.69, 9.17) is 14.2 Å². The molecule has 234 valence electrons. The molecule has 2 aromatic heterocycles. The van der Waals surface area contributed by atoms with E-state index in [-0.39, 0.29) is 35.4 Å². The Kier molecular flexibility index (Phi) is 9.22. The van der Waals surface area contributed by atoms with Gasteiger partial charge in [-0.05, 0) is 58.0 Å². The second-order valence-electron chi connectivity index (χ2n) is 12.1. The van der Waals surface area contributed by atoms with Crippen LogP contribution in [0.3, 0.4) is 0 Å². The summed E-state index contributed by atoms with van der Waals surface area (Å²) in [7, 11) is 2.12. The number of fused-ring (bicyclic) bond motifs is 1. The Bertz CT molecular complexity index is 1460. The van der Waals surface area contributed by atoms with Crippen molar-refractivity contribution in [3.63, 3.8) is 0 Å². The maximum atomic E-state index is 14.5. The fraction of sp³-hybridized carbons (Fsp3) is 0.515. The molecule has 0 radical (unpaired) electrons. The summed E-state index contributed by atoms with van der Waals surface area (Å²) in [6.07, 6.45) is 9.05. The van der Waals surface area contributed by atoms with Crippen LogP contribution in [-0.2, 0) is 17.7 Å². The number of amides is 1. The van der Waals surface area contributed by atoms with E-state index in [0.717, 1.165) is 56.6 Å². The van der Waals surface area contributed by atoms with Gasteiger partial charge in [-0.2, -0.15) is 0 Å². The van der Waals surface area contributed by atoms with Gasteiger partial charge in [0.1, 0.15) is 29.7 Å². The van der Waals surface area contributed by atoms with Gasteiger partial charge in [0.2, 0.25) is 0 Å². The van der Waals surface area contributed by atoms with Crippen LogP contribution in [0.25, 0.3) is 0 Å². The average molecular weight is 605 g/mol. The first-order chi connectivity index (χ1) is 21.4. The number of halogens is 1. The second-order valence-corrected chi connectivity index (χ2v) is 12.1. The standard InChI is InChI=1S/C33H41FN6O4/c1-22(2)40(24-10-16-42-17-11-24)33(41)26-18-23(34)4-5-29(26)44-31-19-35-21-37-32(31)39-14-7-25(8-15-39)43-30-6-12-36-28-9-13-38(3)20-27(28)30/h4-6,12,18-19,21-22,24-25H,7-11,13-17,20H2,1-3H3. The summed E-state index contributed by atoms with van der Waals surface area (Å²) in [6.45, 7) is 8.43. The lowest BCUT2D eigenvalue weighted by atomic mass is 10.0. The summed E-state index contributed by atoms with van der Waals surface area (Å²) in [5.74, 6) is 1.49. The molecule has 1 amide bonds. The first-order valence-corrected chi connectivity index (χ1v) is 15.6. The SMILES string of the molecule is CC(C)N(C(=O)c1cc(F)ccc1Oc1cncnc1N1CCC(Oc2ccnc3c2CN(C)CC3)CC1)C1CCOCC1. The number of carbonyl (C=O) groups excluding carboxylic acids is 1. The molecule has 0 bridgehead atoms. The van der Waals surface area contributed by atoms with Crippen molar-refractivity contribution in [1.82, 2.24) is 24.8 Å². The van der Waals surface area contributed by atoms with Gasteiger partial charge in [-0.25, -0.2) is 14.4 Å². The molecule has 0 unspecified atom stereocenters. The van der Waals surface area contributed by atoms with Crippen LogP contribution in [0.15, 0.2) is 43.0 Å². The van der Waals surface area contributed by atoms with Crippen molar-refractivity contribution in [3.8, 4) is 17.2 Å². The van der Waals surface area contributed by atoms with Crippen LogP contribution in [0.2, 0.25) is 0 Å². The Balaban J connectivity index is 1.17. The molecule has 0 saturated carbocycles. The number of hydrogen-bond acceptors (Lipinski definition) is 9. The van der Waals surface area contributed by atoms with Crippen LogP contribution in [0.1, 0.15) is 61.1 Å². The number of pyridine rings is 1. The minimum Gasteiger partial charge on any atom is -0.490 e. The van der Waals surface area contributed by atoms with E-state index in [1.807, 2.05) is 31.0 Å². The van der Waals surface area contributed by atoms with Gasteiger partial charge >= 0.3 is 0 Å². The van der Waals surface area contributed by atoms with Crippen LogP contribution in [0, 0.1) is 5.82 Å². The molecular weight excluding hydrogens is 563 g/mol. The van der Waals surface area contributed by atoms with Crippen LogP contribution in [0.4, 0.5) is 10.2 Å². The molecule has 44 heavy (non-hydrogen) atoms. The average Bonchev–Trinajstić information content (AvgIpc) is 3.03. The lowest BCUT2D eigenvalue weighted by Crippen LogP contribution is -2.47. The second kappa shape index (κ2) is 13.4. The molecule has 1 aromatic carbocycles. The lowest BCUT2D eigenvalue weighted by Gasteiger charge is -2.37. The van der Waals surface area contributed by atoms with Gasteiger partial charge in [-0.1, -0.05) is 0 Å². The van der Waals surface area contributed by atoms with Gasteiger partial charge < -0.3 is 28.9 Å². The predicted octanol–water partition coefficient (Wildman–Crippen LogP) is 4.87. The third kappa shape index (κ3) is 6.63. The van der Waals surface area contributed by atoms with Crippen molar-refractivity contribution < 1.29 is 23.4 Å². The molecular formula is C33H41FN6O4. The molecule has 3 aliphatic heterocycles. The zero-order valence-corrected chi connectivity index (χ0v) is 25.7. The van der Waals surface area contributed by atoms with Crippen molar-refractivity contribution in [1.29, 1.82) is 0 Å². The van der Waals surface area contributed by atoms with E-state index in [0.29, 0.717) is 37.9 Å². The van der Waals surface area contributed by atoms with E-state index in [9.17, 15) is 9.18 Å². The monoisotopic (exact) mass is 604 g/mol. The summed E-state index contributed by atoms with van der Waals surface area (Å²) < 4.78 is 32.9. The molecule has 3 aliphatic rings. The number of likely N-dealkylation sites (N-methyl/N-ethyl adjacent to an activating group) is 1. The Labute approximate surface area is 258 Å². The fourth-order valence-corrected chi connectivity index (χ4v) is 6.44. The van der Waals surface area contributed by atoms with Crippen molar-refractivity contribution in [2.45, 2.75) is 70.7 Å². The number of rotatable bonds is 8. The van der Waals surface area contributed by atoms with Crippen LogP contribution >= 0.6 is 0 Å². The minimum atomic E-state index is -0.495. The van der Waals surface area contributed by atoms with Gasteiger partial charge in [0.05, 0.1) is 11.8 Å². The Morgan fingerprint density at radius 1 is 1.05 bits per heavy atom. The molecule has 10 nitrogen and oxygen atoms in total. The third-order valence-electron chi connectivity index (χ3n) is 8.72. The Morgan fingerprint density at radius 3 is 2.61 bits per heavy atom. The first kappa shape index (κ1) is 30.2. The van der Waals surface area contributed by atoms with Crippen molar-refractivity contribution in [2.24, 2.45) is 0 Å². The van der Waals surface area contributed by atoms with Gasteiger partial charge in [0.15, 0.2) is 11.6 Å². The van der Waals surface area contributed by atoms with Crippen molar-refractivity contribution in [2.75, 3.05) is 44.8 Å². The van der Waals surface area contributed by atoms with E-state index in [1.165, 1.54) is 30.1 Å². The highest BCUT2D eigenvalue weighted by molar-refractivity contribution is 5.97. The van der Waals surface area contributed by atoms with Crippen molar-refractivity contribution >= 4 is 11.7 Å². The number of anilines is 1. The number of carbonyl (C=O) groups is 1. The molecule has 0 aliphatic carbocycles. The van der Waals surface area contributed by atoms with E-state index >= 15 is 0 Å². The number of aromatic nitrogens is 3. The quantitative estimate of drug-likeness (QED) is 0.357. The largest absolute Gasteiger partial charge is 0.490 e. The molecule has 11 heteroatoms. The highest BCUT2D eigenvalue weighted by Gasteiger charge is 2.32. The molecule has 0 spiro atoms. The molecule has 5 heterocycles. The van der Waals surface area contributed by atoms with Gasteiger partial charge in [0.25, 0.3) is 5.91 Å². The third-order valence-corrected chi connectivity index (χ3v) is 8.72. The summed E-state index contributed by atoms with van der Waals surface area (Å²) in [6, 6.07) is 6.00. The summed E-state index contributed by atoms with van der Waals surface area (Å²) in [4.78, 5) is 33.5. The summed E-state index contributed by atoms with van der Waals surface area (Å²) in [5, 5.41) is 0. The first-order valence-electron chi connectivity index (χ1n) is 15.6. The number of hydrogen-bond donors (Lipinski definition) is 0. The summed E-state index contributed by atoms with van der Waals surface area (Å²) in [5.41, 5.74) is 2.50. The highest BCUT2D eigenvalue weighted by atomic mass is 19.1. The van der Waals surface area contributed by atoms with E-state index in [2.05, 4.69) is 31.8 Å². The Hall–Kier alpha value is -3.83. The zero-order valence-electron chi connectivity index (χ0n) is 25.7. The maximum absolute atomic E-state index is 14.5. The van der Waals surface area contributed by atoms with Gasteiger partial charge in [0, 0.05) is 88.2 Å². The topological polar surface area (TPSA) is 93.2 Å². The van der Waals surface area contributed by atoms with Gasteiger partial charge in [-0.3, -0.25) is 9.78 Å². The molecule has 0 N–H and O–H groups in total. The molecule has 2 saturated heterocycles. The van der Waals surface area contributed by atoms with E-state index < -0.39 is 5.82 Å². The molecule has 0 atom stereocenters. The van der Waals surface area contributed by atoms with Crippen LogP contribution in [0.5, 0.6) is 17.2 Å². The number of nitrogens with zero attached hydrogens (tertiary/aromatic N) is 6. The molecule has 6 rings (SSSR count). The molecule has 2 fully saturated rings. The van der Waals surface area contributed by atoms with Crippen molar-refractivity contribution in [3.05, 3.63) is 65.6 Å². The fourth-order valence-electron chi connectivity index (χ4n) is 6.44. The molecule has 3 aromatic rings.